The molecule has 122 valence electrons. The van der Waals surface area contributed by atoms with E-state index in [0.29, 0.717) is 17.0 Å². The molecule has 2 heterocycles. The van der Waals surface area contributed by atoms with Gasteiger partial charge in [-0.1, -0.05) is 23.4 Å². The average Bonchev–Trinajstić information content (AvgIpc) is 3.02. The molecule has 2 aromatic heterocycles. The van der Waals surface area contributed by atoms with Crippen molar-refractivity contribution in [1.82, 2.24) is 15.0 Å². The maximum absolute atomic E-state index is 13.7. The van der Waals surface area contributed by atoms with E-state index in [2.05, 4.69) is 10.1 Å². The molecular formula is C18H16FN3O2. The Bertz CT molecular complexity index is 848. The second-order valence-electron chi connectivity index (χ2n) is 5.45. The fourth-order valence-corrected chi connectivity index (χ4v) is 2.57. The zero-order valence-corrected chi connectivity index (χ0v) is 13.3. The number of hydrogen-bond donors (Lipinski definition) is 0. The molecule has 1 aromatic carbocycles. The second-order valence-corrected chi connectivity index (χ2v) is 5.45. The summed E-state index contributed by atoms with van der Waals surface area (Å²) in [6.07, 6.45) is 1.64. The molecule has 0 aliphatic carbocycles. The van der Waals surface area contributed by atoms with Gasteiger partial charge in [-0.25, -0.2) is 4.39 Å². The Morgan fingerprint density at radius 3 is 2.67 bits per heavy atom. The van der Waals surface area contributed by atoms with Crippen LogP contribution in [0.5, 0.6) is 0 Å². The van der Waals surface area contributed by atoms with E-state index in [1.54, 1.807) is 50.5 Å². The molecule has 0 spiro atoms. The van der Waals surface area contributed by atoms with Crippen LogP contribution in [-0.2, 0) is 0 Å². The van der Waals surface area contributed by atoms with Crippen LogP contribution in [-0.4, -0.2) is 28.0 Å². The van der Waals surface area contributed by atoms with E-state index in [0.717, 1.165) is 0 Å². The van der Waals surface area contributed by atoms with Crippen LogP contribution in [0.4, 0.5) is 4.39 Å². The Labute approximate surface area is 138 Å². The van der Waals surface area contributed by atoms with E-state index in [9.17, 15) is 9.18 Å². The lowest BCUT2D eigenvalue weighted by molar-refractivity contribution is 0.0742. The molecule has 0 radical (unpaired) electrons. The lowest BCUT2D eigenvalue weighted by Gasteiger charge is -2.27. The zero-order valence-electron chi connectivity index (χ0n) is 13.3. The summed E-state index contributed by atoms with van der Waals surface area (Å²) in [5, 5.41) is 3.76. The molecule has 0 saturated carbocycles. The van der Waals surface area contributed by atoms with Crippen LogP contribution < -0.4 is 0 Å². The predicted molar refractivity (Wildman–Crippen MR) is 85.8 cm³/mol. The summed E-state index contributed by atoms with van der Waals surface area (Å²) in [5.74, 6) is -0.148. The third-order valence-electron chi connectivity index (χ3n) is 3.69. The Hall–Kier alpha value is -3.02. The summed E-state index contributed by atoms with van der Waals surface area (Å²) in [6.45, 7) is 1.71. The van der Waals surface area contributed by atoms with E-state index in [-0.39, 0.29) is 17.4 Å². The quantitative estimate of drug-likeness (QED) is 0.738. The fraction of sp³-hybridized carbons (Fsp3) is 0.167. The molecule has 5 nitrogen and oxygen atoms in total. The maximum atomic E-state index is 13.7. The van der Waals surface area contributed by atoms with Crippen LogP contribution in [0.25, 0.3) is 0 Å². The highest BCUT2D eigenvalue weighted by molar-refractivity contribution is 5.92. The van der Waals surface area contributed by atoms with Crippen molar-refractivity contribution >= 4 is 5.91 Å². The van der Waals surface area contributed by atoms with Crippen molar-refractivity contribution in [2.75, 3.05) is 7.05 Å². The van der Waals surface area contributed by atoms with Gasteiger partial charge in [0, 0.05) is 19.3 Å². The molecule has 3 aromatic rings. The van der Waals surface area contributed by atoms with E-state index < -0.39 is 6.04 Å². The molecule has 1 atom stereocenters. The number of carbonyl (C=O) groups is 1. The summed E-state index contributed by atoms with van der Waals surface area (Å²) >= 11 is 0. The SMILES string of the molecule is Cc1cc(C(=O)N(C)[C@@H](c2cccc(F)c2)c2ccccn2)no1. The van der Waals surface area contributed by atoms with Gasteiger partial charge in [-0.05, 0) is 36.8 Å². The predicted octanol–water partition coefficient (Wildman–Crippen LogP) is 3.38. The highest BCUT2D eigenvalue weighted by Crippen LogP contribution is 2.27. The second kappa shape index (κ2) is 6.62. The van der Waals surface area contributed by atoms with E-state index in [1.807, 2.05) is 6.07 Å². The highest BCUT2D eigenvalue weighted by Gasteiger charge is 2.27. The number of aryl methyl sites for hydroxylation is 1. The Kier molecular flexibility index (Phi) is 4.37. The Morgan fingerprint density at radius 1 is 1.21 bits per heavy atom. The van der Waals surface area contributed by atoms with Crippen molar-refractivity contribution in [3.8, 4) is 0 Å². The first kappa shape index (κ1) is 15.9. The molecule has 24 heavy (non-hydrogen) atoms. The number of hydrogen-bond acceptors (Lipinski definition) is 4. The summed E-state index contributed by atoms with van der Waals surface area (Å²) in [5.41, 5.74) is 1.47. The van der Waals surface area contributed by atoms with Crippen LogP contribution in [0, 0.1) is 12.7 Å². The minimum atomic E-state index is -0.536. The van der Waals surface area contributed by atoms with Gasteiger partial charge in [-0.3, -0.25) is 9.78 Å². The standard InChI is InChI=1S/C18H16FN3O2/c1-12-10-16(21-24-12)18(23)22(2)17(15-8-3-4-9-20-15)13-6-5-7-14(19)11-13/h3-11,17H,1-2H3/t17-/m0/s1. The van der Waals surface area contributed by atoms with Gasteiger partial charge in [0.2, 0.25) is 0 Å². The van der Waals surface area contributed by atoms with E-state index in [4.69, 9.17) is 4.52 Å². The van der Waals surface area contributed by atoms with E-state index in [1.165, 1.54) is 17.0 Å². The summed E-state index contributed by atoms with van der Waals surface area (Å²) in [4.78, 5) is 18.5. The molecule has 0 aliphatic rings. The third-order valence-corrected chi connectivity index (χ3v) is 3.69. The molecule has 0 bridgehead atoms. The molecule has 0 fully saturated rings. The minimum Gasteiger partial charge on any atom is -0.361 e. The molecule has 3 rings (SSSR count). The largest absolute Gasteiger partial charge is 0.361 e. The summed E-state index contributed by atoms with van der Waals surface area (Å²) in [7, 11) is 1.64. The van der Waals surface area contributed by atoms with Gasteiger partial charge in [-0.15, -0.1) is 0 Å². The van der Waals surface area contributed by atoms with Crippen molar-refractivity contribution in [1.29, 1.82) is 0 Å². The minimum absolute atomic E-state index is 0.201. The van der Waals surface area contributed by atoms with Crippen molar-refractivity contribution in [2.24, 2.45) is 0 Å². The first-order valence-electron chi connectivity index (χ1n) is 7.43. The van der Waals surface area contributed by atoms with Crippen LogP contribution in [0.3, 0.4) is 0 Å². The van der Waals surface area contributed by atoms with E-state index >= 15 is 0 Å². The van der Waals surface area contributed by atoms with Crippen LogP contribution in [0.1, 0.15) is 33.5 Å². The van der Waals surface area contributed by atoms with Gasteiger partial charge in [0.1, 0.15) is 11.6 Å². The Morgan fingerprint density at radius 2 is 2.04 bits per heavy atom. The summed E-state index contributed by atoms with van der Waals surface area (Å²) < 4.78 is 18.7. The molecule has 0 saturated heterocycles. The van der Waals surface area contributed by atoms with Crippen LogP contribution >= 0.6 is 0 Å². The number of benzene rings is 1. The molecular weight excluding hydrogens is 309 g/mol. The highest BCUT2D eigenvalue weighted by atomic mass is 19.1. The number of nitrogens with zero attached hydrogens (tertiary/aromatic N) is 3. The normalized spacial score (nSPS) is 12.0. The van der Waals surface area contributed by atoms with Crippen molar-refractivity contribution in [3.05, 3.63) is 83.3 Å². The van der Waals surface area contributed by atoms with Gasteiger partial charge < -0.3 is 9.42 Å². The number of aromatic nitrogens is 2. The van der Waals surface area contributed by atoms with Gasteiger partial charge in [0.25, 0.3) is 5.91 Å². The van der Waals surface area contributed by atoms with Gasteiger partial charge in [-0.2, -0.15) is 0 Å². The number of pyridine rings is 1. The van der Waals surface area contributed by atoms with Gasteiger partial charge in [0.05, 0.1) is 11.7 Å². The topological polar surface area (TPSA) is 59.2 Å². The monoisotopic (exact) mass is 325 g/mol. The smallest absolute Gasteiger partial charge is 0.276 e. The number of amides is 1. The zero-order chi connectivity index (χ0) is 17.1. The lowest BCUT2D eigenvalue weighted by atomic mass is 10.0. The molecule has 0 aliphatic heterocycles. The van der Waals surface area contributed by atoms with Crippen LogP contribution in [0.2, 0.25) is 0 Å². The first-order valence-corrected chi connectivity index (χ1v) is 7.43. The molecule has 0 unspecified atom stereocenters. The van der Waals surface area contributed by atoms with Gasteiger partial charge >= 0.3 is 0 Å². The lowest BCUT2D eigenvalue weighted by Crippen LogP contribution is -2.32. The fourth-order valence-electron chi connectivity index (χ4n) is 2.57. The third kappa shape index (κ3) is 3.17. The van der Waals surface area contributed by atoms with Gasteiger partial charge in [0.15, 0.2) is 5.69 Å². The van der Waals surface area contributed by atoms with Crippen LogP contribution in [0.15, 0.2) is 59.3 Å². The van der Waals surface area contributed by atoms with Crippen molar-refractivity contribution in [2.45, 2.75) is 13.0 Å². The molecule has 6 heteroatoms. The summed E-state index contributed by atoms with van der Waals surface area (Å²) in [6, 6.07) is 12.6. The average molecular weight is 325 g/mol. The maximum Gasteiger partial charge on any atom is 0.276 e. The molecule has 1 amide bonds. The molecule has 0 N–H and O–H groups in total. The van der Waals surface area contributed by atoms with Crippen molar-refractivity contribution < 1.29 is 13.7 Å². The van der Waals surface area contributed by atoms with Crippen molar-refractivity contribution in [3.63, 3.8) is 0 Å². The number of halogens is 1. The first-order chi connectivity index (χ1) is 11.6. The number of carbonyl (C=O) groups excluding carboxylic acids is 1. The Balaban J connectivity index is 2.02. The number of rotatable bonds is 4.